The molecule has 1 fully saturated rings. The van der Waals surface area contributed by atoms with Crippen LogP contribution in [0.15, 0.2) is 0 Å². The van der Waals surface area contributed by atoms with E-state index in [1.807, 2.05) is 0 Å². The van der Waals surface area contributed by atoms with Crippen LogP contribution < -0.4 is 5.32 Å². The van der Waals surface area contributed by atoms with E-state index in [1.165, 1.54) is 20.0 Å². The summed E-state index contributed by atoms with van der Waals surface area (Å²) < 4.78 is 4.56. The van der Waals surface area contributed by atoms with Crippen LogP contribution in [0.2, 0.25) is 0 Å². The van der Waals surface area contributed by atoms with E-state index in [1.54, 1.807) is 0 Å². The van der Waals surface area contributed by atoms with E-state index in [-0.39, 0.29) is 5.97 Å². The Morgan fingerprint density at radius 1 is 1.50 bits per heavy atom. The summed E-state index contributed by atoms with van der Waals surface area (Å²) in [6, 6.07) is 0.632. The van der Waals surface area contributed by atoms with Gasteiger partial charge in [0.05, 0.1) is 13.5 Å². The quantitative estimate of drug-likeness (QED) is 0.683. The minimum atomic E-state index is -0.128. The van der Waals surface area contributed by atoms with Crippen molar-refractivity contribution in [2.75, 3.05) is 13.7 Å². The third kappa shape index (κ3) is 3.29. The zero-order valence-corrected chi connectivity index (χ0v) is 9.38. The molecule has 3 nitrogen and oxygen atoms in total. The summed E-state index contributed by atoms with van der Waals surface area (Å²) in [5.74, 6) is 1.55. The average molecular weight is 199 g/mol. The van der Waals surface area contributed by atoms with Crippen molar-refractivity contribution in [2.45, 2.75) is 39.2 Å². The number of hydrogen-bond acceptors (Lipinski definition) is 3. The normalized spacial score (nSPS) is 26.0. The summed E-state index contributed by atoms with van der Waals surface area (Å²) in [4.78, 5) is 10.8. The fraction of sp³-hybridized carbons (Fsp3) is 0.909. The lowest BCUT2D eigenvalue weighted by atomic mass is 9.74. The predicted octanol–water partition coefficient (Wildman–Crippen LogP) is 1.57. The Morgan fingerprint density at radius 2 is 2.14 bits per heavy atom. The maximum absolute atomic E-state index is 10.8. The Morgan fingerprint density at radius 3 is 2.64 bits per heavy atom. The first-order valence-electron chi connectivity index (χ1n) is 5.43. The molecule has 0 heterocycles. The van der Waals surface area contributed by atoms with E-state index in [4.69, 9.17) is 0 Å². The second kappa shape index (κ2) is 5.35. The SMILES string of the molecule is COC(=O)CCNC1CC(C(C)C)C1. The van der Waals surface area contributed by atoms with Crippen molar-refractivity contribution in [2.24, 2.45) is 11.8 Å². The Kier molecular flexibility index (Phi) is 4.39. The molecule has 14 heavy (non-hydrogen) atoms. The molecule has 1 aliphatic rings. The van der Waals surface area contributed by atoms with E-state index < -0.39 is 0 Å². The maximum Gasteiger partial charge on any atom is 0.306 e. The maximum atomic E-state index is 10.8. The molecule has 0 aromatic rings. The van der Waals surface area contributed by atoms with Crippen LogP contribution in [0, 0.1) is 11.8 Å². The number of ether oxygens (including phenoxy) is 1. The van der Waals surface area contributed by atoms with Gasteiger partial charge in [-0.1, -0.05) is 13.8 Å². The molecule has 0 aromatic heterocycles. The molecule has 1 aliphatic carbocycles. The number of carbonyl (C=O) groups is 1. The molecule has 0 aliphatic heterocycles. The van der Waals surface area contributed by atoms with Gasteiger partial charge in [0.15, 0.2) is 0 Å². The molecule has 0 spiro atoms. The van der Waals surface area contributed by atoms with Gasteiger partial charge in [-0.3, -0.25) is 4.79 Å². The van der Waals surface area contributed by atoms with Gasteiger partial charge >= 0.3 is 5.97 Å². The molecule has 0 saturated heterocycles. The topological polar surface area (TPSA) is 38.3 Å². The molecule has 1 rings (SSSR count). The van der Waals surface area contributed by atoms with Crippen LogP contribution in [-0.4, -0.2) is 25.7 Å². The molecule has 3 heteroatoms. The van der Waals surface area contributed by atoms with Crippen molar-refractivity contribution in [1.29, 1.82) is 0 Å². The fourth-order valence-corrected chi connectivity index (χ4v) is 1.85. The summed E-state index contributed by atoms with van der Waals surface area (Å²) >= 11 is 0. The number of esters is 1. The summed E-state index contributed by atoms with van der Waals surface area (Å²) in [5, 5.41) is 3.37. The van der Waals surface area contributed by atoms with E-state index in [2.05, 4.69) is 23.9 Å². The Bertz CT molecular complexity index is 186. The standard InChI is InChI=1S/C11H21NO2/c1-8(2)9-6-10(7-9)12-5-4-11(13)14-3/h8-10,12H,4-7H2,1-3H3. The number of methoxy groups -OCH3 is 1. The number of carbonyl (C=O) groups excluding carboxylic acids is 1. The van der Waals surface area contributed by atoms with Crippen LogP contribution in [0.4, 0.5) is 0 Å². The first-order chi connectivity index (χ1) is 6.63. The first kappa shape index (κ1) is 11.5. The zero-order valence-electron chi connectivity index (χ0n) is 9.38. The molecule has 0 aromatic carbocycles. The molecule has 1 saturated carbocycles. The van der Waals surface area contributed by atoms with Gasteiger partial charge in [0.2, 0.25) is 0 Å². The minimum Gasteiger partial charge on any atom is -0.469 e. The van der Waals surface area contributed by atoms with Crippen LogP contribution >= 0.6 is 0 Å². The second-order valence-electron chi connectivity index (χ2n) is 4.45. The summed E-state index contributed by atoms with van der Waals surface area (Å²) in [6.45, 7) is 5.30. The highest BCUT2D eigenvalue weighted by molar-refractivity contribution is 5.69. The highest BCUT2D eigenvalue weighted by atomic mass is 16.5. The Labute approximate surface area is 86.2 Å². The van der Waals surface area contributed by atoms with Gasteiger partial charge in [0.1, 0.15) is 0 Å². The Hall–Kier alpha value is -0.570. The highest BCUT2D eigenvalue weighted by Crippen LogP contribution is 2.33. The molecule has 1 N–H and O–H groups in total. The van der Waals surface area contributed by atoms with Crippen LogP contribution in [0.25, 0.3) is 0 Å². The molecule has 0 atom stereocenters. The van der Waals surface area contributed by atoms with E-state index >= 15 is 0 Å². The van der Waals surface area contributed by atoms with E-state index in [0.29, 0.717) is 12.5 Å². The third-order valence-corrected chi connectivity index (χ3v) is 3.11. The molecular formula is C11H21NO2. The van der Waals surface area contributed by atoms with Crippen molar-refractivity contribution >= 4 is 5.97 Å². The number of nitrogens with one attached hydrogen (secondary N) is 1. The van der Waals surface area contributed by atoms with Crippen LogP contribution in [0.1, 0.15) is 33.1 Å². The number of rotatable bonds is 5. The van der Waals surface area contributed by atoms with Crippen molar-refractivity contribution in [3.8, 4) is 0 Å². The third-order valence-electron chi connectivity index (χ3n) is 3.11. The highest BCUT2D eigenvalue weighted by Gasteiger charge is 2.30. The van der Waals surface area contributed by atoms with Gasteiger partial charge in [-0.05, 0) is 24.7 Å². The second-order valence-corrected chi connectivity index (χ2v) is 4.45. The van der Waals surface area contributed by atoms with Crippen LogP contribution in [-0.2, 0) is 9.53 Å². The van der Waals surface area contributed by atoms with Gasteiger partial charge in [-0.15, -0.1) is 0 Å². The molecule has 0 amide bonds. The summed E-state index contributed by atoms with van der Waals surface area (Å²) in [7, 11) is 1.43. The largest absolute Gasteiger partial charge is 0.469 e. The Balaban J connectivity index is 1.98. The number of hydrogen-bond donors (Lipinski definition) is 1. The van der Waals surface area contributed by atoms with Crippen LogP contribution in [0.5, 0.6) is 0 Å². The lowest BCUT2D eigenvalue weighted by Crippen LogP contribution is -2.43. The van der Waals surface area contributed by atoms with Crippen molar-refractivity contribution in [3.05, 3.63) is 0 Å². The monoisotopic (exact) mass is 199 g/mol. The average Bonchev–Trinajstić information content (AvgIpc) is 2.07. The van der Waals surface area contributed by atoms with Gasteiger partial charge in [0, 0.05) is 12.6 Å². The van der Waals surface area contributed by atoms with E-state index in [0.717, 1.165) is 18.4 Å². The first-order valence-corrected chi connectivity index (χ1v) is 5.43. The molecule has 0 radical (unpaired) electrons. The lowest BCUT2D eigenvalue weighted by molar-refractivity contribution is -0.140. The summed E-state index contributed by atoms with van der Waals surface area (Å²) in [6.07, 6.45) is 3.01. The summed E-state index contributed by atoms with van der Waals surface area (Å²) in [5.41, 5.74) is 0. The predicted molar refractivity (Wildman–Crippen MR) is 56.0 cm³/mol. The molecular weight excluding hydrogens is 178 g/mol. The van der Waals surface area contributed by atoms with Gasteiger partial charge in [0.25, 0.3) is 0 Å². The van der Waals surface area contributed by atoms with Crippen LogP contribution in [0.3, 0.4) is 0 Å². The molecule has 82 valence electrons. The molecule has 0 bridgehead atoms. The fourth-order valence-electron chi connectivity index (χ4n) is 1.85. The van der Waals surface area contributed by atoms with E-state index in [9.17, 15) is 4.79 Å². The van der Waals surface area contributed by atoms with Crippen molar-refractivity contribution in [3.63, 3.8) is 0 Å². The van der Waals surface area contributed by atoms with Gasteiger partial charge in [-0.2, -0.15) is 0 Å². The minimum absolute atomic E-state index is 0.128. The van der Waals surface area contributed by atoms with Crippen molar-refractivity contribution in [1.82, 2.24) is 5.32 Å². The zero-order chi connectivity index (χ0) is 10.6. The van der Waals surface area contributed by atoms with Gasteiger partial charge < -0.3 is 10.1 Å². The smallest absolute Gasteiger partial charge is 0.306 e. The van der Waals surface area contributed by atoms with Gasteiger partial charge in [-0.25, -0.2) is 0 Å². The van der Waals surface area contributed by atoms with Crippen molar-refractivity contribution < 1.29 is 9.53 Å². The lowest BCUT2D eigenvalue weighted by Gasteiger charge is -2.38. The molecule has 0 unspecified atom stereocenters.